The number of anilines is 2. The van der Waals surface area contributed by atoms with Gasteiger partial charge in [-0.25, -0.2) is 9.97 Å². The van der Waals surface area contributed by atoms with Crippen LogP contribution in [0.4, 0.5) is 11.6 Å². The molecule has 5 nitrogen and oxygen atoms in total. The Hall–Kier alpha value is -3.99. The summed E-state index contributed by atoms with van der Waals surface area (Å²) in [5.41, 5.74) is 5.49. The van der Waals surface area contributed by atoms with Gasteiger partial charge < -0.3 is 10.2 Å². The first kappa shape index (κ1) is 21.2. The second-order valence-electron chi connectivity index (χ2n) is 7.81. The van der Waals surface area contributed by atoms with Crippen LogP contribution in [0.15, 0.2) is 91.0 Å². The number of amides is 1. The van der Waals surface area contributed by atoms with Gasteiger partial charge in [-0.3, -0.25) is 4.79 Å². The Bertz CT molecular complexity index is 1110. The molecule has 0 aliphatic rings. The maximum atomic E-state index is 13.4. The van der Waals surface area contributed by atoms with E-state index in [1.807, 2.05) is 110 Å². The lowest BCUT2D eigenvalue weighted by molar-refractivity contribution is 0.0730. The molecule has 0 saturated carbocycles. The summed E-state index contributed by atoms with van der Waals surface area (Å²) in [7, 11) is 0. The molecule has 0 aliphatic carbocycles. The van der Waals surface area contributed by atoms with Crippen LogP contribution in [0.1, 0.15) is 32.9 Å². The molecular weight excluding hydrogens is 396 g/mol. The minimum absolute atomic E-state index is 0.00749. The lowest BCUT2D eigenvalue weighted by Gasteiger charge is -2.23. The normalized spacial score (nSPS) is 10.6. The molecule has 4 rings (SSSR count). The molecule has 0 unspecified atom stereocenters. The second kappa shape index (κ2) is 9.88. The molecule has 1 N–H and O–H groups in total. The fraction of sp³-hybridized carbons (Fsp3) is 0.148. The number of rotatable bonds is 7. The summed E-state index contributed by atoms with van der Waals surface area (Å²) in [5, 5.41) is 3.21. The van der Waals surface area contributed by atoms with Crippen molar-refractivity contribution in [3.8, 4) is 0 Å². The van der Waals surface area contributed by atoms with E-state index in [9.17, 15) is 4.79 Å². The molecule has 1 aromatic heterocycles. The summed E-state index contributed by atoms with van der Waals surface area (Å²) < 4.78 is 0. The zero-order chi connectivity index (χ0) is 22.3. The Labute approximate surface area is 188 Å². The number of nitrogens with one attached hydrogen (secondary N) is 1. The highest BCUT2D eigenvalue weighted by Crippen LogP contribution is 2.18. The molecule has 1 amide bonds. The third-order valence-corrected chi connectivity index (χ3v) is 5.09. The van der Waals surface area contributed by atoms with Crippen molar-refractivity contribution in [1.82, 2.24) is 14.9 Å². The van der Waals surface area contributed by atoms with Crippen molar-refractivity contribution in [3.05, 3.63) is 119 Å². The van der Waals surface area contributed by atoms with Crippen LogP contribution in [0.5, 0.6) is 0 Å². The number of aromatic nitrogens is 2. The van der Waals surface area contributed by atoms with Crippen molar-refractivity contribution in [2.45, 2.75) is 26.9 Å². The molecule has 4 aromatic rings. The van der Waals surface area contributed by atoms with Gasteiger partial charge in [-0.15, -0.1) is 0 Å². The van der Waals surface area contributed by atoms with Gasteiger partial charge in [0, 0.05) is 35.7 Å². The minimum atomic E-state index is -0.00749. The van der Waals surface area contributed by atoms with E-state index in [4.69, 9.17) is 0 Å². The van der Waals surface area contributed by atoms with Gasteiger partial charge in [-0.05, 0) is 55.3 Å². The summed E-state index contributed by atoms with van der Waals surface area (Å²) in [5.74, 6) is 0.545. The number of aryl methyl sites for hydroxylation is 2. The molecule has 3 aromatic carbocycles. The second-order valence-corrected chi connectivity index (χ2v) is 7.81. The van der Waals surface area contributed by atoms with Gasteiger partial charge in [0.05, 0.1) is 0 Å². The quantitative estimate of drug-likeness (QED) is 0.416. The van der Waals surface area contributed by atoms with Gasteiger partial charge in [-0.2, -0.15) is 0 Å². The summed E-state index contributed by atoms with van der Waals surface area (Å²) in [6, 6.07) is 29.5. The van der Waals surface area contributed by atoms with Gasteiger partial charge in [0.1, 0.15) is 0 Å². The van der Waals surface area contributed by atoms with E-state index in [-0.39, 0.29) is 5.91 Å². The standard InChI is InChI=1S/C27H26N4O/c1-20-17-21(2)29-27(28-20)30-25-15-13-24(14-16-25)26(32)31(18-22-9-5-3-6-10-22)19-23-11-7-4-8-12-23/h3-17H,18-19H2,1-2H3,(H,28,29,30). The highest BCUT2D eigenvalue weighted by atomic mass is 16.2. The first-order valence-electron chi connectivity index (χ1n) is 10.6. The molecule has 0 spiro atoms. The van der Waals surface area contributed by atoms with E-state index >= 15 is 0 Å². The van der Waals surface area contributed by atoms with Crippen LogP contribution in [0.2, 0.25) is 0 Å². The predicted octanol–water partition coefficient (Wildman–Crippen LogP) is 5.68. The number of hydrogen-bond acceptors (Lipinski definition) is 4. The maximum Gasteiger partial charge on any atom is 0.254 e. The van der Waals surface area contributed by atoms with Crippen molar-refractivity contribution in [2.24, 2.45) is 0 Å². The van der Waals surface area contributed by atoms with Crippen molar-refractivity contribution >= 4 is 17.5 Å². The van der Waals surface area contributed by atoms with E-state index in [1.165, 1.54) is 0 Å². The lowest BCUT2D eigenvalue weighted by Crippen LogP contribution is -2.30. The Morgan fingerprint density at radius 1 is 0.750 bits per heavy atom. The first-order valence-corrected chi connectivity index (χ1v) is 10.6. The number of carbonyl (C=O) groups is 1. The molecule has 5 heteroatoms. The predicted molar refractivity (Wildman–Crippen MR) is 128 cm³/mol. The van der Waals surface area contributed by atoms with Crippen LogP contribution < -0.4 is 5.32 Å². The van der Waals surface area contributed by atoms with Crippen LogP contribution in [0.25, 0.3) is 0 Å². The van der Waals surface area contributed by atoms with Crippen molar-refractivity contribution in [3.63, 3.8) is 0 Å². The number of nitrogens with zero attached hydrogens (tertiary/aromatic N) is 3. The molecular formula is C27H26N4O. The molecule has 0 bridgehead atoms. The monoisotopic (exact) mass is 422 g/mol. The maximum absolute atomic E-state index is 13.4. The number of benzene rings is 3. The molecule has 0 radical (unpaired) electrons. The third-order valence-electron chi connectivity index (χ3n) is 5.09. The summed E-state index contributed by atoms with van der Waals surface area (Å²) in [4.78, 5) is 24.1. The average molecular weight is 423 g/mol. The topological polar surface area (TPSA) is 58.1 Å². The minimum Gasteiger partial charge on any atom is -0.330 e. The zero-order valence-corrected chi connectivity index (χ0v) is 18.3. The summed E-state index contributed by atoms with van der Waals surface area (Å²) in [6.45, 7) is 4.97. The van der Waals surface area contributed by atoms with E-state index in [0.717, 1.165) is 28.2 Å². The highest BCUT2D eigenvalue weighted by Gasteiger charge is 2.17. The highest BCUT2D eigenvalue weighted by molar-refractivity contribution is 5.94. The van der Waals surface area contributed by atoms with E-state index in [1.54, 1.807) is 0 Å². The van der Waals surface area contributed by atoms with Crippen molar-refractivity contribution < 1.29 is 4.79 Å². The molecule has 0 atom stereocenters. The molecule has 0 aliphatic heterocycles. The Morgan fingerprint density at radius 2 is 1.25 bits per heavy atom. The van der Waals surface area contributed by atoms with Crippen molar-refractivity contribution in [2.75, 3.05) is 5.32 Å². The van der Waals surface area contributed by atoms with E-state index in [0.29, 0.717) is 24.6 Å². The van der Waals surface area contributed by atoms with Crippen molar-refractivity contribution in [1.29, 1.82) is 0 Å². The lowest BCUT2D eigenvalue weighted by atomic mass is 10.1. The number of hydrogen-bond donors (Lipinski definition) is 1. The SMILES string of the molecule is Cc1cc(C)nc(Nc2ccc(C(=O)N(Cc3ccccc3)Cc3ccccc3)cc2)n1. The van der Waals surface area contributed by atoms with Crippen LogP contribution >= 0.6 is 0 Å². The number of carbonyl (C=O) groups excluding carboxylic acids is 1. The van der Waals surface area contributed by atoms with Gasteiger partial charge in [-0.1, -0.05) is 60.7 Å². The first-order chi connectivity index (χ1) is 15.6. The smallest absolute Gasteiger partial charge is 0.254 e. The Kier molecular flexibility index (Phi) is 6.56. The fourth-order valence-electron chi connectivity index (χ4n) is 3.60. The molecule has 0 saturated heterocycles. The van der Waals surface area contributed by atoms with Gasteiger partial charge in [0.25, 0.3) is 5.91 Å². The largest absolute Gasteiger partial charge is 0.330 e. The molecule has 0 fully saturated rings. The Balaban J connectivity index is 1.53. The van der Waals surface area contributed by atoms with Gasteiger partial charge in [0.2, 0.25) is 5.95 Å². The van der Waals surface area contributed by atoms with E-state index < -0.39 is 0 Å². The van der Waals surface area contributed by atoms with Gasteiger partial charge >= 0.3 is 0 Å². The summed E-state index contributed by atoms with van der Waals surface area (Å²) >= 11 is 0. The fourth-order valence-corrected chi connectivity index (χ4v) is 3.60. The molecule has 1 heterocycles. The average Bonchev–Trinajstić information content (AvgIpc) is 2.79. The summed E-state index contributed by atoms with van der Waals surface area (Å²) in [6.07, 6.45) is 0. The van der Waals surface area contributed by atoms with E-state index in [2.05, 4.69) is 15.3 Å². The zero-order valence-electron chi connectivity index (χ0n) is 18.3. The van der Waals surface area contributed by atoms with Crippen LogP contribution in [0, 0.1) is 13.8 Å². The van der Waals surface area contributed by atoms with Crippen LogP contribution in [0.3, 0.4) is 0 Å². The van der Waals surface area contributed by atoms with Crippen LogP contribution in [-0.4, -0.2) is 20.8 Å². The molecule has 32 heavy (non-hydrogen) atoms. The van der Waals surface area contributed by atoms with Gasteiger partial charge in [0.15, 0.2) is 0 Å². The molecule has 160 valence electrons. The van der Waals surface area contributed by atoms with Crippen LogP contribution in [-0.2, 0) is 13.1 Å². The Morgan fingerprint density at radius 3 is 1.75 bits per heavy atom. The third kappa shape index (κ3) is 5.58.